The molecular formula is C16H25N5O2. The number of nitrogens with zero attached hydrogens (tertiary/aromatic N) is 2. The van der Waals surface area contributed by atoms with E-state index in [9.17, 15) is 9.59 Å². The van der Waals surface area contributed by atoms with Crippen LogP contribution in [0, 0.1) is 5.92 Å². The summed E-state index contributed by atoms with van der Waals surface area (Å²) in [4.78, 5) is 32.2. The second-order valence-electron chi connectivity index (χ2n) is 5.91. The number of rotatable bonds is 1. The third-order valence-corrected chi connectivity index (χ3v) is 3.91. The second-order valence-corrected chi connectivity index (χ2v) is 5.91. The molecule has 2 rings (SSSR count). The van der Waals surface area contributed by atoms with Crippen LogP contribution in [0.25, 0.3) is 0 Å². The van der Waals surface area contributed by atoms with Crippen molar-refractivity contribution in [3.05, 3.63) is 11.8 Å². The summed E-state index contributed by atoms with van der Waals surface area (Å²) in [5.74, 6) is 1.11. The molecule has 1 aromatic rings. The number of carbonyl (C=O) groups is 2. The lowest BCUT2D eigenvalue weighted by molar-refractivity contribution is -0.124. The van der Waals surface area contributed by atoms with Crippen LogP contribution in [0.15, 0.2) is 6.20 Å². The molecule has 23 heavy (non-hydrogen) atoms. The average Bonchev–Trinajstić information content (AvgIpc) is 2.53. The van der Waals surface area contributed by atoms with E-state index in [4.69, 9.17) is 0 Å². The summed E-state index contributed by atoms with van der Waals surface area (Å²) >= 11 is 0. The third kappa shape index (κ3) is 5.19. The smallest absolute Gasteiger partial charge is 0.224 e. The van der Waals surface area contributed by atoms with Gasteiger partial charge in [-0.2, -0.15) is 4.98 Å². The Bertz CT molecular complexity index is 561. The van der Waals surface area contributed by atoms with Crippen molar-refractivity contribution in [2.45, 2.75) is 39.5 Å². The molecule has 0 unspecified atom stereocenters. The molecule has 0 saturated heterocycles. The first kappa shape index (κ1) is 17.2. The maximum Gasteiger partial charge on any atom is 0.224 e. The zero-order chi connectivity index (χ0) is 16.7. The summed E-state index contributed by atoms with van der Waals surface area (Å²) in [6, 6.07) is 0. The molecule has 126 valence electrons. The molecule has 0 radical (unpaired) electrons. The zero-order valence-electron chi connectivity index (χ0n) is 13.8. The topological polar surface area (TPSA) is 96.0 Å². The van der Waals surface area contributed by atoms with Gasteiger partial charge in [-0.05, 0) is 32.6 Å². The molecular weight excluding hydrogens is 294 g/mol. The number of anilines is 2. The van der Waals surface area contributed by atoms with Crippen LogP contribution in [0.3, 0.4) is 0 Å². The van der Waals surface area contributed by atoms with Crippen LogP contribution in [0.4, 0.5) is 11.8 Å². The maximum absolute atomic E-state index is 11.9. The molecule has 0 aromatic carbocycles. The Morgan fingerprint density at radius 2 is 1.83 bits per heavy atom. The molecule has 0 aliphatic carbocycles. The van der Waals surface area contributed by atoms with Crippen molar-refractivity contribution in [2.75, 3.05) is 30.3 Å². The van der Waals surface area contributed by atoms with Gasteiger partial charge in [-0.3, -0.25) is 9.59 Å². The Balaban J connectivity index is 2.10. The molecule has 2 heterocycles. The Labute approximate surface area is 136 Å². The number of hydrogen-bond donors (Lipinski definition) is 3. The largest absolute Gasteiger partial charge is 0.369 e. The highest BCUT2D eigenvalue weighted by Crippen LogP contribution is 2.16. The van der Waals surface area contributed by atoms with Crippen LogP contribution in [-0.4, -0.2) is 41.3 Å². The van der Waals surface area contributed by atoms with E-state index in [1.807, 2.05) is 6.92 Å². The minimum Gasteiger partial charge on any atom is -0.369 e. The Morgan fingerprint density at radius 3 is 2.57 bits per heavy atom. The van der Waals surface area contributed by atoms with Crippen LogP contribution in [-0.2, 0) is 4.79 Å². The molecule has 0 fully saturated rings. The number of Topliss-reactive ketones (excluding diaryl/α,β-unsaturated/α-hetero) is 1. The van der Waals surface area contributed by atoms with Gasteiger partial charge in [0.2, 0.25) is 11.9 Å². The standard InChI is InChI=1S/C16H25N5O2/c1-11-6-5-9-17-14-13(12(2)22)10-20-16(21-14)19-8-4-3-7-18-15(11)23/h10-11H,3-9H2,1-2H3,(H,18,23)(H2,17,19,20,21)/t11-/m0/s1. The van der Waals surface area contributed by atoms with E-state index >= 15 is 0 Å². The van der Waals surface area contributed by atoms with Crippen LogP contribution < -0.4 is 16.0 Å². The minimum absolute atomic E-state index is 0.00621. The fourth-order valence-electron chi connectivity index (χ4n) is 2.44. The molecule has 2 bridgehead atoms. The van der Waals surface area contributed by atoms with Crippen LogP contribution >= 0.6 is 0 Å². The van der Waals surface area contributed by atoms with Crippen LogP contribution in [0.2, 0.25) is 0 Å². The summed E-state index contributed by atoms with van der Waals surface area (Å²) in [6.07, 6.45) is 5.01. The van der Waals surface area contributed by atoms with Crippen molar-refractivity contribution in [2.24, 2.45) is 5.92 Å². The fourth-order valence-corrected chi connectivity index (χ4v) is 2.44. The Morgan fingerprint density at radius 1 is 1.13 bits per heavy atom. The van der Waals surface area contributed by atoms with Gasteiger partial charge in [0, 0.05) is 31.7 Å². The number of fused-ring (bicyclic) bond motifs is 2. The first-order chi connectivity index (χ1) is 11.1. The van der Waals surface area contributed by atoms with Crippen molar-refractivity contribution in [3.8, 4) is 0 Å². The van der Waals surface area contributed by atoms with Gasteiger partial charge in [-0.25, -0.2) is 4.98 Å². The lowest BCUT2D eigenvalue weighted by Crippen LogP contribution is -2.30. The molecule has 7 heteroatoms. The number of carbonyl (C=O) groups excluding carboxylic acids is 2. The molecule has 0 saturated carbocycles. The molecule has 1 aromatic heterocycles. The summed E-state index contributed by atoms with van der Waals surface area (Å²) in [5, 5.41) is 9.32. The number of aromatic nitrogens is 2. The maximum atomic E-state index is 11.9. The highest BCUT2D eigenvalue weighted by atomic mass is 16.1. The number of amides is 1. The van der Waals surface area contributed by atoms with Crippen molar-refractivity contribution in [1.29, 1.82) is 0 Å². The quantitative estimate of drug-likeness (QED) is 0.683. The predicted molar refractivity (Wildman–Crippen MR) is 89.7 cm³/mol. The van der Waals surface area contributed by atoms with Gasteiger partial charge in [0.1, 0.15) is 5.82 Å². The van der Waals surface area contributed by atoms with E-state index in [1.165, 1.54) is 6.92 Å². The van der Waals surface area contributed by atoms with Crippen LogP contribution in [0.1, 0.15) is 49.9 Å². The van der Waals surface area contributed by atoms with E-state index in [0.717, 1.165) is 32.2 Å². The van der Waals surface area contributed by atoms with Gasteiger partial charge in [0.25, 0.3) is 0 Å². The third-order valence-electron chi connectivity index (χ3n) is 3.91. The summed E-state index contributed by atoms with van der Waals surface area (Å²) in [7, 11) is 0. The Kier molecular flexibility index (Phi) is 6.31. The molecule has 7 nitrogen and oxygen atoms in total. The lowest BCUT2D eigenvalue weighted by Gasteiger charge is -2.13. The minimum atomic E-state index is -0.0651. The van der Waals surface area contributed by atoms with E-state index in [0.29, 0.717) is 30.4 Å². The first-order valence-electron chi connectivity index (χ1n) is 8.21. The van der Waals surface area contributed by atoms with E-state index in [-0.39, 0.29) is 17.6 Å². The molecule has 3 N–H and O–H groups in total. The molecule has 0 spiro atoms. The summed E-state index contributed by atoms with van der Waals surface area (Å²) < 4.78 is 0. The van der Waals surface area contributed by atoms with Gasteiger partial charge in [0.15, 0.2) is 5.78 Å². The van der Waals surface area contributed by atoms with E-state index < -0.39 is 0 Å². The van der Waals surface area contributed by atoms with Gasteiger partial charge in [0.05, 0.1) is 5.56 Å². The predicted octanol–water partition coefficient (Wildman–Crippen LogP) is 1.83. The lowest BCUT2D eigenvalue weighted by atomic mass is 10.0. The molecule has 1 amide bonds. The summed E-state index contributed by atoms with van der Waals surface area (Å²) in [6.45, 7) is 5.53. The van der Waals surface area contributed by atoms with Crippen molar-refractivity contribution >= 4 is 23.5 Å². The molecule has 1 aliphatic rings. The monoisotopic (exact) mass is 319 g/mol. The number of nitrogens with one attached hydrogen (secondary N) is 3. The van der Waals surface area contributed by atoms with Gasteiger partial charge < -0.3 is 16.0 Å². The number of hydrogen-bond acceptors (Lipinski definition) is 6. The highest BCUT2D eigenvalue weighted by Gasteiger charge is 2.14. The van der Waals surface area contributed by atoms with Crippen LogP contribution in [0.5, 0.6) is 0 Å². The van der Waals surface area contributed by atoms with Gasteiger partial charge in [-0.1, -0.05) is 6.92 Å². The van der Waals surface area contributed by atoms with E-state index in [2.05, 4.69) is 25.9 Å². The van der Waals surface area contributed by atoms with Crippen molar-refractivity contribution in [1.82, 2.24) is 15.3 Å². The second kappa shape index (κ2) is 8.45. The van der Waals surface area contributed by atoms with E-state index in [1.54, 1.807) is 6.20 Å². The fraction of sp³-hybridized carbons (Fsp3) is 0.625. The van der Waals surface area contributed by atoms with Crippen molar-refractivity contribution < 1.29 is 9.59 Å². The molecule has 1 aliphatic heterocycles. The SMILES string of the molecule is CC(=O)c1cnc2nc1NCCC[C@H](C)C(=O)NCCCCN2. The summed E-state index contributed by atoms with van der Waals surface area (Å²) in [5.41, 5.74) is 0.491. The highest BCUT2D eigenvalue weighted by molar-refractivity contribution is 5.98. The van der Waals surface area contributed by atoms with Gasteiger partial charge in [-0.15, -0.1) is 0 Å². The number of ketones is 1. The van der Waals surface area contributed by atoms with Crippen molar-refractivity contribution in [3.63, 3.8) is 0 Å². The first-order valence-corrected chi connectivity index (χ1v) is 8.21. The molecule has 1 atom stereocenters. The Hall–Kier alpha value is -2.18. The zero-order valence-corrected chi connectivity index (χ0v) is 13.8. The van der Waals surface area contributed by atoms with Gasteiger partial charge >= 0.3 is 0 Å². The normalized spacial score (nSPS) is 20.3. The average molecular weight is 319 g/mol.